The maximum absolute atomic E-state index is 12.4. The summed E-state index contributed by atoms with van der Waals surface area (Å²) in [5.74, 6) is -0.0860. The zero-order valence-electron chi connectivity index (χ0n) is 12.1. The van der Waals surface area contributed by atoms with Crippen LogP contribution in [0.15, 0.2) is 0 Å². The summed E-state index contributed by atoms with van der Waals surface area (Å²) in [5.41, 5.74) is 0. The predicted molar refractivity (Wildman–Crippen MR) is 78.4 cm³/mol. The predicted octanol–water partition coefficient (Wildman–Crippen LogP) is 2.62. The van der Waals surface area contributed by atoms with Crippen LogP contribution in [0.2, 0.25) is 0 Å². The number of carbonyl (C=O) groups is 2. The number of carboxylic acids is 1. The number of rotatable bonds is 6. The Labute approximate surface area is 119 Å². The Bertz CT molecular complexity index is 322. The number of hydrogen-bond acceptors (Lipinski definition) is 3. The van der Waals surface area contributed by atoms with Crippen molar-refractivity contribution >= 4 is 23.6 Å². The zero-order chi connectivity index (χ0) is 14.4. The van der Waals surface area contributed by atoms with E-state index in [1.807, 2.05) is 13.8 Å². The Balaban J connectivity index is 2.55. The van der Waals surface area contributed by atoms with E-state index in [0.717, 1.165) is 25.0 Å². The number of piperidine rings is 1. The summed E-state index contributed by atoms with van der Waals surface area (Å²) in [4.78, 5) is 25.2. The van der Waals surface area contributed by atoms with Crippen molar-refractivity contribution in [1.29, 1.82) is 0 Å². The minimum absolute atomic E-state index is 0.0680. The van der Waals surface area contributed by atoms with E-state index in [4.69, 9.17) is 5.11 Å². The fraction of sp³-hybridized carbons (Fsp3) is 0.857. The molecule has 4 nitrogen and oxygen atoms in total. The van der Waals surface area contributed by atoms with Crippen molar-refractivity contribution < 1.29 is 14.7 Å². The van der Waals surface area contributed by atoms with Gasteiger partial charge in [0.25, 0.3) is 0 Å². The second-order valence-electron chi connectivity index (χ2n) is 5.32. The molecule has 1 N–H and O–H groups in total. The Hall–Kier alpha value is -0.710. The van der Waals surface area contributed by atoms with Crippen LogP contribution in [0.3, 0.4) is 0 Å². The van der Waals surface area contributed by atoms with Gasteiger partial charge in [-0.2, -0.15) is 0 Å². The summed E-state index contributed by atoms with van der Waals surface area (Å²) in [5, 5.41) is 9.02. The number of unbranched alkanes of at least 4 members (excludes halogenated alkanes) is 1. The molecule has 1 heterocycles. The molecule has 1 aliphatic rings. The maximum atomic E-state index is 12.4. The summed E-state index contributed by atoms with van der Waals surface area (Å²) in [6.45, 7) is 6.45. The average molecular weight is 287 g/mol. The summed E-state index contributed by atoms with van der Waals surface area (Å²) < 4.78 is 0. The van der Waals surface area contributed by atoms with Gasteiger partial charge in [-0.15, -0.1) is 11.8 Å². The Morgan fingerprint density at radius 2 is 2.11 bits per heavy atom. The molecule has 0 radical (unpaired) electrons. The molecule has 1 rings (SSSR count). The number of amides is 1. The number of carboxylic acid groups (broad SMARTS) is 1. The molecule has 1 amide bonds. The first-order valence-electron chi connectivity index (χ1n) is 7.12. The zero-order valence-corrected chi connectivity index (χ0v) is 12.9. The first-order chi connectivity index (χ1) is 8.97. The van der Waals surface area contributed by atoms with E-state index >= 15 is 0 Å². The fourth-order valence-corrected chi connectivity index (χ4v) is 3.41. The van der Waals surface area contributed by atoms with Crippen LogP contribution < -0.4 is 0 Å². The maximum Gasteiger partial charge on any atom is 0.308 e. The summed E-state index contributed by atoms with van der Waals surface area (Å²) in [6, 6.07) is 0.164. The van der Waals surface area contributed by atoms with Gasteiger partial charge >= 0.3 is 5.97 Å². The number of nitrogens with zero attached hydrogens (tertiary/aromatic N) is 1. The van der Waals surface area contributed by atoms with Crippen LogP contribution in [0.5, 0.6) is 0 Å². The smallest absolute Gasteiger partial charge is 0.308 e. The van der Waals surface area contributed by atoms with E-state index in [1.54, 1.807) is 16.7 Å². The molecule has 0 saturated carbocycles. The third kappa shape index (κ3) is 4.71. The molecule has 0 aliphatic carbocycles. The van der Waals surface area contributed by atoms with Crippen molar-refractivity contribution in [2.45, 2.75) is 57.7 Å². The topological polar surface area (TPSA) is 57.6 Å². The summed E-state index contributed by atoms with van der Waals surface area (Å²) >= 11 is 1.68. The molecule has 0 bridgehead atoms. The number of aliphatic carboxylic acids is 1. The Morgan fingerprint density at radius 3 is 2.68 bits per heavy atom. The summed E-state index contributed by atoms with van der Waals surface area (Å²) in [7, 11) is 0. The highest BCUT2D eigenvalue weighted by Crippen LogP contribution is 2.25. The number of hydrogen-bond donors (Lipinski definition) is 1. The van der Waals surface area contributed by atoms with Gasteiger partial charge in [-0.25, -0.2) is 0 Å². The highest BCUT2D eigenvalue weighted by atomic mass is 32.2. The van der Waals surface area contributed by atoms with Crippen LogP contribution in [-0.4, -0.2) is 45.5 Å². The van der Waals surface area contributed by atoms with E-state index in [-0.39, 0.29) is 17.2 Å². The van der Waals surface area contributed by atoms with Gasteiger partial charge in [0.15, 0.2) is 0 Å². The van der Waals surface area contributed by atoms with Gasteiger partial charge in [0.2, 0.25) is 5.91 Å². The van der Waals surface area contributed by atoms with Gasteiger partial charge in [-0.05, 0) is 38.9 Å². The quantitative estimate of drug-likeness (QED) is 0.763. The minimum atomic E-state index is -0.781. The van der Waals surface area contributed by atoms with Crippen molar-refractivity contribution in [3.8, 4) is 0 Å². The van der Waals surface area contributed by atoms with E-state index in [2.05, 4.69) is 6.92 Å². The number of likely N-dealkylation sites (tertiary alicyclic amines) is 1. The first-order valence-corrected chi connectivity index (χ1v) is 8.17. The lowest BCUT2D eigenvalue weighted by Gasteiger charge is -2.37. The highest BCUT2D eigenvalue weighted by molar-refractivity contribution is 8.00. The lowest BCUT2D eigenvalue weighted by molar-refractivity contribution is -0.146. The van der Waals surface area contributed by atoms with Gasteiger partial charge in [0, 0.05) is 12.6 Å². The molecule has 5 heteroatoms. The molecule has 0 aromatic heterocycles. The van der Waals surface area contributed by atoms with Crippen LogP contribution in [0, 0.1) is 5.92 Å². The number of thioether (sulfide) groups is 1. The van der Waals surface area contributed by atoms with Gasteiger partial charge in [0.1, 0.15) is 0 Å². The van der Waals surface area contributed by atoms with Crippen LogP contribution in [-0.2, 0) is 9.59 Å². The molecule has 3 unspecified atom stereocenters. The largest absolute Gasteiger partial charge is 0.481 e. The second-order valence-corrected chi connectivity index (χ2v) is 6.77. The Morgan fingerprint density at radius 1 is 1.42 bits per heavy atom. The van der Waals surface area contributed by atoms with Crippen molar-refractivity contribution in [3.63, 3.8) is 0 Å². The molecular weight excluding hydrogens is 262 g/mol. The monoisotopic (exact) mass is 287 g/mol. The second kappa shape index (κ2) is 7.78. The third-order valence-corrected chi connectivity index (χ3v) is 4.95. The molecule has 110 valence electrons. The van der Waals surface area contributed by atoms with Crippen molar-refractivity contribution in [3.05, 3.63) is 0 Å². The van der Waals surface area contributed by atoms with E-state index in [0.29, 0.717) is 13.0 Å². The molecule has 0 spiro atoms. The standard InChI is InChI=1S/C14H25NO3S/c1-4-5-8-19-11(3)13(16)15-9-12(14(17)18)7-6-10(15)2/h10-12H,4-9H2,1-3H3,(H,17,18). The van der Waals surface area contributed by atoms with Crippen molar-refractivity contribution in [1.82, 2.24) is 4.90 Å². The molecule has 0 aromatic carbocycles. The SMILES string of the molecule is CCCCSC(C)C(=O)N1CC(C(=O)O)CCC1C. The third-order valence-electron chi connectivity index (χ3n) is 3.73. The van der Waals surface area contributed by atoms with Crippen molar-refractivity contribution in [2.24, 2.45) is 5.92 Å². The molecule has 1 saturated heterocycles. The van der Waals surface area contributed by atoms with Crippen LogP contribution in [0.1, 0.15) is 46.5 Å². The molecule has 3 atom stereocenters. The molecule has 0 aromatic rings. The highest BCUT2D eigenvalue weighted by Gasteiger charge is 2.34. The van der Waals surface area contributed by atoms with Gasteiger partial charge in [-0.3, -0.25) is 9.59 Å². The summed E-state index contributed by atoms with van der Waals surface area (Å²) in [6.07, 6.45) is 3.72. The van der Waals surface area contributed by atoms with E-state index in [1.165, 1.54) is 0 Å². The number of carbonyl (C=O) groups excluding carboxylic acids is 1. The van der Waals surface area contributed by atoms with Crippen LogP contribution in [0.25, 0.3) is 0 Å². The molecular formula is C14H25NO3S. The van der Waals surface area contributed by atoms with E-state index in [9.17, 15) is 9.59 Å². The molecule has 1 fully saturated rings. The lowest BCUT2D eigenvalue weighted by atomic mass is 9.93. The Kier molecular flexibility index (Phi) is 6.69. The molecule has 1 aliphatic heterocycles. The van der Waals surface area contributed by atoms with E-state index < -0.39 is 11.9 Å². The fourth-order valence-electron chi connectivity index (χ4n) is 2.32. The van der Waals surface area contributed by atoms with Crippen LogP contribution >= 0.6 is 11.8 Å². The van der Waals surface area contributed by atoms with Gasteiger partial charge in [-0.1, -0.05) is 13.3 Å². The first kappa shape index (κ1) is 16.3. The molecule has 19 heavy (non-hydrogen) atoms. The average Bonchev–Trinajstić information content (AvgIpc) is 2.38. The van der Waals surface area contributed by atoms with Gasteiger partial charge in [0.05, 0.1) is 11.2 Å². The van der Waals surface area contributed by atoms with Crippen molar-refractivity contribution in [2.75, 3.05) is 12.3 Å². The van der Waals surface area contributed by atoms with Gasteiger partial charge < -0.3 is 10.0 Å². The normalized spacial score (nSPS) is 25.1. The van der Waals surface area contributed by atoms with Crippen LogP contribution in [0.4, 0.5) is 0 Å². The minimum Gasteiger partial charge on any atom is -0.481 e. The lowest BCUT2D eigenvalue weighted by Crippen LogP contribution is -2.49.